The molecule has 0 aliphatic heterocycles. The smallest absolute Gasteiger partial charge is 0.278 e. The largest absolute Gasteiger partial charge is 0.497 e. The van der Waals surface area contributed by atoms with Crippen LogP contribution in [0.2, 0.25) is 0 Å². The Balaban J connectivity index is 1.72. The molecule has 6 nitrogen and oxygen atoms in total. The van der Waals surface area contributed by atoms with Crippen molar-refractivity contribution in [3.8, 4) is 5.75 Å². The molecule has 1 amide bonds. The average Bonchev–Trinajstić information content (AvgIpc) is 2.68. The standard InChI is InChI=1S/C19H18N4O2/c1-23(15-8-4-3-5-9-15)19(24)17-12-21-18(13-20-17)22-14-7-6-10-16(11-14)25-2/h3-13H,1-2H3,(H,21,22). The molecule has 0 bridgehead atoms. The van der Waals surface area contributed by atoms with Crippen LogP contribution in [0.25, 0.3) is 0 Å². The zero-order valence-corrected chi connectivity index (χ0v) is 14.0. The summed E-state index contributed by atoms with van der Waals surface area (Å²) in [5.74, 6) is 1.08. The molecule has 6 heteroatoms. The van der Waals surface area contributed by atoms with Crippen LogP contribution in [0.3, 0.4) is 0 Å². The molecule has 0 spiro atoms. The zero-order chi connectivity index (χ0) is 17.6. The molecule has 25 heavy (non-hydrogen) atoms. The normalized spacial score (nSPS) is 10.2. The van der Waals surface area contributed by atoms with E-state index >= 15 is 0 Å². The number of rotatable bonds is 5. The molecule has 0 unspecified atom stereocenters. The molecule has 1 N–H and O–H groups in total. The number of nitrogens with zero attached hydrogens (tertiary/aromatic N) is 3. The van der Waals surface area contributed by atoms with Gasteiger partial charge in [0.25, 0.3) is 5.91 Å². The summed E-state index contributed by atoms with van der Waals surface area (Å²) in [5.41, 5.74) is 1.91. The predicted molar refractivity (Wildman–Crippen MR) is 97.5 cm³/mol. The van der Waals surface area contributed by atoms with Gasteiger partial charge >= 0.3 is 0 Å². The highest BCUT2D eigenvalue weighted by atomic mass is 16.5. The summed E-state index contributed by atoms with van der Waals surface area (Å²) < 4.78 is 5.19. The summed E-state index contributed by atoms with van der Waals surface area (Å²) in [6.45, 7) is 0. The van der Waals surface area contributed by atoms with Gasteiger partial charge in [0.1, 0.15) is 17.3 Å². The van der Waals surface area contributed by atoms with Crippen LogP contribution in [0.15, 0.2) is 67.0 Å². The van der Waals surface area contributed by atoms with E-state index < -0.39 is 0 Å². The Morgan fingerprint density at radius 2 is 1.84 bits per heavy atom. The number of anilines is 3. The minimum absolute atomic E-state index is 0.216. The Labute approximate surface area is 146 Å². The Morgan fingerprint density at radius 1 is 1.04 bits per heavy atom. The van der Waals surface area contributed by atoms with E-state index in [2.05, 4.69) is 15.3 Å². The molecular weight excluding hydrogens is 316 g/mol. The number of nitrogens with one attached hydrogen (secondary N) is 1. The molecular formula is C19H18N4O2. The van der Waals surface area contributed by atoms with Gasteiger partial charge in [-0.25, -0.2) is 9.97 Å². The van der Waals surface area contributed by atoms with Crippen LogP contribution < -0.4 is 15.0 Å². The Kier molecular flexibility index (Phi) is 4.89. The quantitative estimate of drug-likeness (QED) is 0.773. The van der Waals surface area contributed by atoms with Crippen molar-refractivity contribution in [3.05, 3.63) is 72.7 Å². The molecule has 0 aliphatic carbocycles. The van der Waals surface area contributed by atoms with E-state index in [9.17, 15) is 4.79 Å². The van der Waals surface area contributed by atoms with Crippen molar-refractivity contribution in [3.63, 3.8) is 0 Å². The summed E-state index contributed by atoms with van der Waals surface area (Å²) in [4.78, 5) is 22.5. The maximum Gasteiger partial charge on any atom is 0.278 e. The van der Waals surface area contributed by atoms with Crippen molar-refractivity contribution in [2.24, 2.45) is 0 Å². The van der Waals surface area contributed by atoms with Crippen LogP contribution in [-0.2, 0) is 0 Å². The molecule has 0 saturated carbocycles. The number of hydrogen-bond acceptors (Lipinski definition) is 5. The molecule has 126 valence electrons. The van der Waals surface area contributed by atoms with Crippen LogP contribution in [0.5, 0.6) is 5.75 Å². The number of methoxy groups -OCH3 is 1. The second-order valence-electron chi connectivity index (χ2n) is 5.34. The number of carbonyl (C=O) groups excluding carboxylic acids is 1. The second kappa shape index (κ2) is 7.44. The van der Waals surface area contributed by atoms with Crippen LogP contribution in [0, 0.1) is 0 Å². The van der Waals surface area contributed by atoms with E-state index in [0.29, 0.717) is 5.82 Å². The first-order valence-corrected chi connectivity index (χ1v) is 7.73. The molecule has 0 radical (unpaired) electrons. The minimum Gasteiger partial charge on any atom is -0.497 e. The van der Waals surface area contributed by atoms with E-state index in [4.69, 9.17) is 4.74 Å². The fourth-order valence-corrected chi connectivity index (χ4v) is 2.29. The summed E-state index contributed by atoms with van der Waals surface area (Å²) in [6, 6.07) is 16.9. The van der Waals surface area contributed by atoms with Gasteiger partial charge in [-0.05, 0) is 24.3 Å². The fraction of sp³-hybridized carbons (Fsp3) is 0.105. The Hall–Kier alpha value is -3.41. The van der Waals surface area contributed by atoms with Crippen LogP contribution >= 0.6 is 0 Å². The van der Waals surface area contributed by atoms with Gasteiger partial charge in [0.05, 0.1) is 19.5 Å². The summed E-state index contributed by atoms with van der Waals surface area (Å²) in [7, 11) is 3.32. The highest BCUT2D eigenvalue weighted by molar-refractivity contribution is 6.04. The van der Waals surface area contributed by atoms with Crippen LogP contribution in [0.4, 0.5) is 17.2 Å². The van der Waals surface area contributed by atoms with E-state index in [-0.39, 0.29) is 11.6 Å². The highest BCUT2D eigenvalue weighted by Crippen LogP contribution is 2.20. The monoisotopic (exact) mass is 334 g/mol. The molecule has 1 heterocycles. The molecule has 3 aromatic rings. The van der Waals surface area contributed by atoms with Gasteiger partial charge in [-0.2, -0.15) is 0 Å². The lowest BCUT2D eigenvalue weighted by Gasteiger charge is -2.16. The highest BCUT2D eigenvalue weighted by Gasteiger charge is 2.15. The van der Waals surface area contributed by atoms with E-state index in [1.54, 1.807) is 19.1 Å². The third kappa shape index (κ3) is 3.92. The average molecular weight is 334 g/mol. The number of para-hydroxylation sites is 1. The van der Waals surface area contributed by atoms with Crippen molar-refractivity contribution in [1.29, 1.82) is 0 Å². The first kappa shape index (κ1) is 16.4. The lowest BCUT2D eigenvalue weighted by Crippen LogP contribution is -2.27. The van der Waals surface area contributed by atoms with Gasteiger partial charge in [0.15, 0.2) is 0 Å². The topological polar surface area (TPSA) is 67.3 Å². The lowest BCUT2D eigenvalue weighted by atomic mass is 10.3. The maximum atomic E-state index is 12.5. The SMILES string of the molecule is COc1cccc(Nc2cnc(C(=O)N(C)c3ccccc3)cn2)c1. The van der Waals surface area contributed by atoms with Crippen molar-refractivity contribution >= 4 is 23.1 Å². The Morgan fingerprint density at radius 3 is 2.52 bits per heavy atom. The van der Waals surface area contributed by atoms with Crippen molar-refractivity contribution < 1.29 is 9.53 Å². The molecule has 3 rings (SSSR count). The summed E-state index contributed by atoms with van der Waals surface area (Å²) in [5, 5.41) is 3.13. The first-order valence-electron chi connectivity index (χ1n) is 7.73. The first-order chi connectivity index (χ1) is 12.2. The third-order valence-corrected chi connectivity index (χ3v) is 3.66. The van der Waals surface area contributed by atoms with E-state index in [1.165, 1.54) is 12.4 Å². The van der Waals surface area contributed by atoms with Crippen LogP contribution in [0.1, 0.15) is 10.5 Å². The summed E-state index contributed by atoms with van der Waals surface area (Å²) in [6.07, 6.45) is 3.00. The number of amides is 1. The number of carbonyl (C=O) groups is 1. The molecule has 0 atom stereocenters. The molecule has 0 saturated heterocycles. The van der Waals surface area contributed by atoms with Gasteiger partial charge in [-0.3, -0.25) is 4.79 Å². The molecule has 0 aliphatic rings. The Bertz CT molecular complexity index is 851. The molecule has 1 aromatic heterocycles. The predicted octanol–water partition coefficient (Wildman–Crippen LogP) is 3.51. The number of benzene rings is 2. The van der Waals surface area contributed by atoms with Gasteiger partial charge < -0.3 is 15.0 Å². The van der Waals surface area contributed by atoms with Gasteiger partial charge in [0, 0.05) is 24.5 Å². The summed E-state index contributed by atoms with van der Waals surface area (Å²) >= 11 is 0. The van der Waals surface area contributed by atoms with Crippen molar-refractivity contribution in [2.45, 2.75) is 0 Å². The fourth-order valence-electron chi connectivity index (χ4n) is 2.29. The van der Waals surface area contributed by atoms with Gasteiger partial charge in [0.2, 0.25) is 0 Å². The van der Waals surface area contributed by atoms with Crippen molar-refractivity contribution in [2.75, 3.05) is 24.4 Å². The van der Waals surface area contributed by atoms with Crippen molar-refractivity contribution in [1.82, 2.24) is 9.97 Å². The minimum atomic E-state index is -0.216. The maximum absolute atomic E-state index is 12.5. The van der Waals surface area contributed by atoms with E-state index in [1.807, 2.05) is 54.6 Å². The number of aromatic nitrogens is 2. The lowest BCUT2D eigenvalue weighted by molar-refractivity contribution is 0.0988. The zero-order valence-electron chi connectivity index (χ0n) is 14.0. The van der Waals surface area contributed by atoms with Gasteiger partial charge in [-0.1, -0.05) is 24.3 Å². The van der Waals surface area contributed by atoms with Crippen LogP contribution in [-0.4, -0.2) is 30.0 Å². The second-order valence-corrected chi connectivity index (χ2v) is 5.34. The molecule has 2 aromatic carbocycles. The number of hydrogen-bond donors (Lipinski definition) is 1. The van der Waals surface area contributed by atoms with E-state index in [0.717, 1.165) is 17.1 Å². The third-order valence-electron chi connectivity index (χ3n) is 3.66. The number of ether oxygens (including phenoxy) is 1. The van der Waals surface area contributed by atoms with Gasteiger partial charge in [-0.15, -0.1) is 0 Å². The molecule has 0 fully saturated rings.